The van der Waals surface area contributed by atoms with E-state index in [0.29, 0.717) is 41.1 Å². The van der Waals surface area contributed by atoms with Crippen LogP contribution < -0.4 is 4.74 Å². The number of carbonyl (C=O) groups is 1. The number of piperidine rings is 1. The number of methoxy groups -OCH3 is 1. The van der Waals surface area contributed by atoms with Crippen molar-refractivity contribution in [3.8, 4) is 17.1 Å². The molecule has 4 rings (SSSR count). The first-order valence-corrected chi connectivity index (χ1v) is 9.55. The zero-order valence-corrected chi connectivity index (χ0v) is 16.2. The molecular formula is C21H20ClN3O3. The highest BCUT2D eigenvalue weighted by Crippen LogP contribution is 2.30. The number of hydrogen-bond donors (Lipinski definition) is 0. The predicted octanol–water partition coefficient (Wildman–Crippen LogP) is 4.42. The Bertz CT molecular complexity index is 963. The largest absolute Gasteiger partial charge is 0.496 e. The zero-order valence-electron chi connectivity index (χ0n) is 15.5. The molecule has 0 spiro atoms. The van der Waals surface area contributed by atoms with Crippen molar-refractivity contribution in [3.63, 3.8) is 0 Å². The van der Waals surface area contributed by atoms with Gasteiger partial charge >= 0.3 is 0 Å². The summed E-state index contributed by atoms with van der Waals surface area (Å²) in [6, 6.07) is 14.6. The molecule has 1 fully saturated rings. The first-order chi connectivity index (χ1) is 13.7. The van der Waals surface area contributed by atoms with E-state index >= 15 is 0 Å². The lowest BCUT2D eigenvalue weighted by Crippen LogP contribution is -2.38. The average Bonchev–Trinajstić information content (AvgIpc) is 3.24. The van der Waals surface area contributed by atoms with Gasteiger partial charge in [-0.25, -0.2) is 0 Å². The molecule has 2 heterocycles. The van der Waals surface area contributed by atoms with Crippen molar-refractivity contribution in [3.05, 3.63) is 65.0 Å². The molecule has 6 nitrogen and oxygen atoms in total. The van der Waals surface area contributed by atoms with Crippen LogP contribution in [0.5, 0.6) is 5.75 Å². The summed E-state index contributed by atoms with van der Waals surface area (Å²) in [5.74, 6) is 1.91. The van der Waals surface area contributed by atoms with Gasteiger partial charge in [-0.3, -0.25) is 4.79 Å². The normalized spacial score (nSPS) is 14.9. The highest BCUT2D eigenvalue weighted by molar-refractivity contribution is 6.30. The summed E-state index contributed by atoms with van der Waals surface area (Å²) in [6.07, 6.45) is 1.56. The lowest BCUT2D eigenvalue weighted by Gasteiger charge is -2.30. The van der Waals surface area contributed by atoms with E-state index in [1.54, 1.807) is 31.4 Å². The predicted molar refractivity (Wildman–Crippen MR) is 106 cm³/mol. The van der Waals surface area contributed by atoms with Crippen LogP contribution in [-0.4, -0.2) is 41.1 Å². The summed E-state index contributed by atoms with van der Waals surface area (Å²) in [6.45, 7) is 1.28. The Balaban J connectivity index is 1.42. The standard InChI is InChI=1S/C21H20ClN3O3/c1-27-18-5-3-2-4-17(18)21(26)25-12-10-15(11-13-25)20-23-19(24-28-20)14-6-8-16(22)9-7-14/h2-9,15H,10-13H2,1H3. The maximum atomic E-state index is 12.8. The van der Waals surface area contributed by atoms with Crippen molar-refractivity contribution >= 4 is 17.5 Å². The quantitative estimate of drug-likeness (QED) is 0.651. The molecule has 0 aliphatic carbocycles. The van der Waals surface area contributed by atoms with Crippen LogP contribution in [0.1, 0.15) is 35.0 Å². The molecule has 0 saturated carbocycles. The van der Waals surface area contributed by atoms with Gasteiger partial charge in [0.1, 0.15) is 5.75 Å². The summed E-state index contributed by atoms with van der Waals surface area (Å²) in [5, 5.41) is 4.76. The van der Waals surface area contributed by atoms with E-state index in [1.165, 1.54) is 0 Å². The fourth-order valence-corrected chi connectivity index (χ4v) is 3.56. The second-order valence-corrected chi connectivity index (χ2v) is 7.17. The van der Waals surface area contributed by atoms with Crippen LogP contribution in [0.3, 0.4) is 0 Å². The summed E-state index contributed by atoms with van der Waals surface area (Å²) in [4.78, 5) is 19.2. The third kappa shape index (κ3) is 3.73. The first-order valence-electron chi connectivity index (χ1n) is 9.17. The van der Waals surface area contributed by atoms with Crippen LogP contribution >= 0.6 is 11.6 Å². The van der Waals surface area contributed by atoms with Crippen molar-refractivity contribution in [2.24, 2.45) is 0 Å². The van der Waals surface area contributed by atoms with Crippen LogP contribution in [-0.2, 0) is 0 Å². The molecule has 1 saturated heterocycles. The lowest BCUT2D eigenvalue weighted by atomic mass is 9.96. The minimum absolute atomic E-state index is 0.0108. The van der Waals surface area contributed by atoms with E-state index in [-0.39, 0.29) is 11.8 Å². The Kier molecular flexibility index (Phi) is 5.30. The van der Waals surface area contributed by atoms with Gasteiger partial charge in [0.15, 0.2) is 0 Å². The maximum Gasteiger partial charge on any atom is 0.257 e. The molecule has 3 aromatic rings. The van der Waals surface area contributed by atoms with Crippen LogP contribution in [0.15, 0.2) is 53.1 Å². The number of benzene rings is 2. The van der Waals surface area contributed by atoms with E-state index < -0.39 is 0 Å². The molecule has 7 heteroatoms. The zero-order chi connectivity index (χ0) is 19.5. The Morgan fingerprint density at radius 1 is 1.14 bits per heavy atom. The summed E-state index contributed by atoms with van der Waals surface area (Å²) < 4.78 is 10.8. The van der Waals surface area contributed by atoms with Gasteiger partial charge in [-0.15, -0.1) is 0 Å². The fraction of sp³-hybridized carbons (Fsp3) is 0.286. The minimum atomic E-state index is -0.0108. The monoisotopic (exact) mass is 397 g/mol. The second-order valence-electron chi connectivity index (χ2n) is 6.73. The van der Waals surface area contributed by atoms with Gasteiger partial charge in [0, 0.05) is 29.6 Å². The summed E-state index contributed by atoms with van der Waals surface area (Å²) in [7, 11) is 1.58. The van der Waals surface area contributed by atoms with Gasteiger partial charge in [0.05, 0.1) is 12.7 Å². The number of carbonyl (C=O) groups excluding carboxylic acids is 1. The summed E-state index contributed by atoms with van der Waals surface area (Å²) in [5.41, 5.74) is 1.45. The van der Waals surface area contributed by atoms with E-state index in [0.717, 1.165) is 18.4 Å². The molecule has 2 aromatic carbocycles. The topological polar surface area (TPSA) is 68.5 Å². The Hall–Kier alpha value is -2.86. The molecule has 28 heavy (non-hydrogen) atoms. The fourth-order valence-electron chi connectivity index (χ4n) is 3.44. The SMILES string of the molecule is COc1ccccc1C(=O)N1CCC(c2nc(-c3ccc(Cl)cc3)no2)CC1. The Labute approximate surface area is 168 Å². The first kappa shape index (κ1) is 18.5. The molecule has 0 N–H and O–H groups in total. The number of ether oxygens (including phenoxy) is 1. The number of aromatic nitrogens is 2. The highest BCUT2D eigenvalue weighted by atomic mass is 35.5. The highest BCUT2D eigenvalue weighted by Gasteiger charge is 2.29. The molecular weight excluding hydrogens is 378 g/mol. The number of hydrogen-bond acceptors (Lipinski definition) is 5. The Morgan fingerprint density at radius 2 is 1.86 bits per heavy atom. The molecule has 0 bridgehead atoms. The van der Waals surface area contributed by atoms with E-state index in [9.17, 15) is 4.79 Å². The smallest absolute Gasteiger partial charge is 0.257 e. The lowest BCUT2D eigenvalue weighted by molar-refractivity contribution is 0.0701. The van der Waals surface area contributed by atoms with Gasteiger partial charge in [-0.2, -0.15) is 4.98 Å². The number of para-hydroxylation sites is 1. The van der Waals surface area contributed by atoms with Crippen LogP contribution in [0.4, 0.5) is 0 Å². The molecule has 1 amide bonds. The molecule has 0 unspecified atom stereocenters. The molecule has 1 aromatic heterocycles. The molecule has 0 atom stereocenters. The second kappa shape index (κ2) is 8.02. The maximum absolute atomic E-state index is 12.8. The molecule has 1 aliphatic heterocycles. The van der Waals surface area contributed by atoms with Gasteiger partial charge < -0.3 is 14.2 Å². The van der Waals surface area contributed by atoms with Gasteiger partial charge in [-0.05, 0) is 49.2 Å². The number of rotatable bonds is 4. The van der Waals surface area contributed by atoms with Crippen LogP contribution in [0.2, 0.25) is 5.02 Å². The number of halogens is 1. The molecule has 144 valence electrons. The van der Waals surface area contributed by atoms with Crippen LogP contribution in [0, 0.1) is 0 Å². The van der Waals surface area contributed by atoms with Crippen molar-refractivity contribution in [2.45, 2.75) is 18.8 Å². The number of likely N-dealkylation sites (tertiary alicyclic amines) is 1. The minimum Gasteiger partial charge on any atom is -0.496 e. The third-order valence-electron chi connectivity index (χ3n) is 5.01. The Morgan fingerprint density at radius 3 is 2.57 bits per heavy atom. The molecule has 0 radical (unpaired) electrons. The van der Waals surface area contributed by atoms with Crippen molar-refractivity contribution < 1.29 is 14.1 Å². The summed E-state index contributed by atoms with van der Waals surface area (Å²) >= 11 is 5.92. The van der Waals surface area contributed by atoms with Gasteiger partial charge in [0.2, 0.25) is 11.7 Å². The number of amides is 1. The average molecular weight is 398 g/mol. The van der Waals surface area contributed by atoms with Crippen molar-refractivity contribution in [1.29, 1.82) is 0 Å². The van der Waals surface area contributed by atoms with Gasteiger partial charge in [0.25, 0.3) is 5.91 Å². The van der Waals surface area contributed by atoms with Crippen molar-refractivity contribution in [2.75, 3.05) is 20.2 Å². The molecule has 1 aliphatic rings. The van der Waals surface area contributed by atoms with Crippen molar-refractivity contribution in [1.82, 2.24) is 15.0 Å². The van der Waals surface area contributed by atoms with E-state index in [2.05, 4.69) is 10.1 Å². The number of nitrogens with zero attached hydrogens (tertiary/aromatic N) is 3. The van der Waals surface area contributed by atoms with Gasteiger partial charge in [-0.1, -0.05) is 28.9 Å². The van der Waals surface area contributed by atoms with Crippen LogP contribution in [0.25, 0.3) is 11.4 Å². The van der Waals surface area contributed by atoms with E-state index in [1.807, 2.05) is 29.2 Å². The van der Waals surface area contributed by atoms with E-state index in [4.69, 9.17) is 20.9 Å². The third-order valence-corrected chi connectivity index (χ3v) is 5.26.